The Morgan fingerprint density at radius 2 is 1.38 bits per heavy atom. The van der Waals surface area contributed by atoms with Crippen LogP contribution in [0, 0.1) is 0 Å². The molecule has 0 fully saturated rings. The summed E-state index contributed by atoms with van der Waals surface area (Å²) in [6, 6.07) is 30.1. The van der Waals surface area contributed by atoms with Crippen LogP contribution >= 0.6 is 11.6 Å². The molecular formula is C26H30ClNO. The van der Waals surface area contributed by atoms with Crippen LogP contribution in [0.5, 0.6) is 5.75 Å². The van der Waals surface area contributed by atoms with Gasteiger partial charge in [0, 0.05) is 17.8 Å². The van der Waals surface area contributed by atoms with E-state index in [4.69, 9.17) is 16.3 Å². The molecule has 3 aromatic carbocycles. The molecule has 3 aromatic rings. The Morgan fingerprint density at radius 3 is 1.97 bits per heavy atom. The molecule has 0 aliphatic heterocycles. The molecule has 0 aliphatic rings. The third-order valence-electron chi connectivity index (χ3n) is 5.43. The average Bonchev–Trinajstić information content (AvgIpc) is 2.77. The molecule has 0 amide bonds. The molecule has 0 bridgehead atoms. The van der Waals surface area contributed by atoms with Crippen LogP contribution < -0.4 is 10.1 Å². The number of hydrogen-bond donors (Lipinski definition) is 1. The van der Waals surface area contributed by atoms with Crippen LogP contribution in [0.4, 0.5) is 0 Å². The molecule has 3 heteroatoms. The van der Waals surface area contributed by atoms with E-state index >= 15 is 0 Å². The Kier molecular flexibility index (Phi) is 8.15. The van der Waals surface area contributed by atoms with Crippen LogP contribution in [0.25, 0.3) is 0 Å². The number of nitrogens with one attached hydrogen (secondary N) is 1. The van der Waals surface area contributed by atoms with Crippen molar-refractivity contribution in [2.45, 2.75) is 24.7 Å². The van der Waals surface area contributed by atoms with E-state index in [1.807, 2.05) is 7.05 Å². The van der Waals surface area contributed by atoms with Gasteiger partial charge in [-0.15, -0.1) is 11.6 Å². The van der Waals surface area contributed by atoms with Crippen LogP contribution in [0.1, 0.15) is 23.1 Å². The summed E-state index contributed by atoms with van der Waals surface area (Å²) in [5, 5.41) is 3.10. The SMILES string of the molecule is CNCCOc1ccc(CC(CCCl)(Cc2ccccc2)c2ccccc2)cc1. The van der Waals surface area contributed by atoms with Crippen LogP contribution in [0.3, 0.4) is 0 Å². The molecule has 0 saturated heterocycles. The van der Waals surface area contributed by atoms with Crippen molar-refractivity contribution in [3.63, 3.8) is 0 Å². The fourth-order valence-electron chi connectivity index (χ4n) is 3.91. The van der Waals surface area contributed by atoms with Crippen LogP contribution in [0.15, 0.2) is 84.9 Å². The fourth-order valence-corrected chi connectivity index (χ4v) is 4.27. The third kappa shape index (κ3) is 6.09. The molecule has 29 heavy (non-hydrogen) atoms. The zero-order valence-electron chi connectivity index (χ0n) is 17.1. The number of ether oxygens (including phenoxy) is 1. The van der Waals surface area contributed by atoms with Gasteiger partial charge in [-0.3, -0.25) is 0 Å². The van der Waals surface area contributed by atoms with Gasteiger partial charge in [-0.2, -0.15) is 0 Å². The van der Waals surface area contributed by atoms with Crippen LogP contribution in [-0.2, 0) is 18.3 Å². The molecule has 0 aromatic heterocycles. The lowest BCUT2D eigenvalue weighted by molar-refractivity contribution is 0.318. The van der Waals surface area contributed by atoms with Crippen molar-refractivity contribution in [2.24, 2.45) is 0 Å². The van der Waals surface area contributed by atoms with Crippen molar-refractivity contribution in [1.29, 1.82) is 0 Å². The van der Waals surface area contributed by atoms with E-state index < -0.39 is 0 Å². The topological polar surface area (TPSA) is 21.3 Å². The lowest BCUT2D eigenvalue weighted by Gasteiger charge is -2.35. The molecule has 0 spiro atoms. The van der Waals surface area contributed by atoms with E-state index in [2.05, 4.69) is 90.2 Å². The number of alkyl halides is 1. The molecule has 152 valence electrons. The van der Waals surface area contributed by atoms with Gasteiger partial charge >= 0.3 is 0 Å². The van der Waals surface area contributed by atoms with Crippen molar-refractivity contribution in [3.05, 3.63) is 102 Å². The lowest BCUT2D eigenvalue weighted by atomic mass is 9.69. The minimum absolute atomic E-state index is 0.0428. The van der Waals surface area contributed by atoms with E-state index in [1.165, 1.54) is 16.7 Å². The molecule has 1 unspecified atom stereocenters. The summed E-state index contributed by atoms with van der Waals surface area (Å²) < 4.78 is 5.78. The molecule has 2 nitrogen and oxygen atoms in total. The first kappa shape index (κ1) is 21.4. The molecule has 3 rings (SSSR count). The second-order valence-corrected chi connectivity index (χ2v) is 7.90. The molecule has 1 N–H and O–H groups in total. The van der Waals surface area contributed by atoms with E-state index in [0.717, 1.165) is 31.6 Å². The maximum Gasteiger partial charge on any atom is 0.119 e. The molecule has 0 saturated carbocycles. The van der Waals surface area contributed by atoms with Crippen molar-refractivity contribution in [2.75, 3.05) is 26.1 Å². The Hall–Kier alpha value is -2.29. The van der Waals surface area contributed by atoms with Gasteiger partial charge < -0.3 is 10.1 Å². The zero-order valence-corrected chi connectivity index (χ0v) is 17.9. The first-order chi connectivity index (χ1) is 14.3. The maximum absolute atomic E-state index is 6.34. The van der Waals surface area contributed by atoms with Crippen molar-refractivity contribution < 1.29 is 4.74 Å². The molecule has 0 heterocycles. The van der Waals surface area contributed by atoms with E-state index in [0.29, 0.717) is 12.5 Å². The standard InChI is InChI=1S/C26H30ClNO/c1-28-18-19-29-25-14-12-23(13-15-25)21-26(16-17-27,24-10-6-3-7-11-24)20-22-8-4-2-5-9-22/h2-15,28H,16-21H2,1H3. The predicted octanol–water partition coefficient (Wildman–Crippen LogP) is 5.64. The summed E-state index contributed by atoms with van der Waals surface area (Å²) >= 11 is 6.34. The number of benzene rings is 3. The minimum Gasteiger partial charge on any atom is -0.492 e. The van der Waals surface area contributed by atoms with Gasteiger partial charge in [0.15, 0.2) is 0 Å². The highest BCUT2D eigenvalue weighted by molar-refractivity contribution is 6.17. The summed E-state index contributed by atoms with van der Waals surface area (Å²) in [4.78, 5) is 0. The second kappa shape index (κ2) is 11.0. The predicted molar refractivity (Wildman–Crippen MR) is 123 cm³/mol. The summed E-state index contributed by atoms with van der Waals surface area (Å²) in [7, 11) is 1.93. The van der Waals surface area contributed by atoms with Gasteiger partial charge in [-0.05, 0) is 55.1 Å². The van der Waals surface area contributed by atoms with Gasteiger partial charge in [0.2, 0.25) is 0 Å². The average molecular weight is 408 g/mol. The summed E-state index contributed by atoms with van der Waals surface area (Å²) in [6.07, 6.45) is 2.83. The Labute approximate surface area is 179 Å². The third-order valence-corrected chi connectivity index (χ3v) is 5.62. The largest absolute Gasteiger partial charge is 0.492 e. The molecular weight excluding hydrogens is 378 g/mol. The van der Waals surface area contributed by atoms with Gasteiger partial charge in [0.1, 0.15) is 12.4 Å². The van der Waals surface area contributed by atoms with Gasteiger partial charge in [-0.25, -0.2) is 0 Å². The first-order valence-corrected chi connectivity index (χ1v) is 10.8. The van der Waals surface area contributed by atoms with Gasteiger partial charge in [0.05, 0.1) is 0 Å². The monoisotopic (exact) mass is 407 g/mol. The van der Waals surface area contributed by atoms with E-state index in [1.54, 1.807) is 0 Å². The highest BCUT2D eigenvalue weighted by Crippen LogP contribution is 2.36. The Morgan fingerprint density at radius 1 is 0.793 bits per heavy atom. The van der Waals surface area contributed by atoms with E-state index in [9.17, 15) is 0 Å². The van der Waals surface area contributed by atoms with Crippen LogP contribution in [0.2, 0.25) is 0 Å². The first-order valence-electron chi connectivity index (χ1n) is 10.3. The normalized spacial score (nSPS) is 13.0. The van der Waals surface area contributed by atoms with Crippen molar-refractivity contribution in [1.82, 2.24) is 5.32 Å². The minimum atomic E-state index is -0.0428. The van der Waals surface area contributed by atoms with Gasteiger partial charge in [0.25, 0.3) is 0 Å². The molecule has 0 radical (unpaired) electrons. The summed E-state index contributed by atoms with van der Waals surface area (Å²) in [5.74, 6) is 1.54. The van der Waals surface area contributed by atoms with Crippen LogP contribution in [-0.4, -0.2) is 26.1 Å². The van der Waals surface area contributed by atoms with Crippen molar-refractivity contribution >= 4 is 11.6 Å². The highest BCUT2D eigenvalue weighted by atomic mass is 35.5. The smallest absolute Gasteiger partial charge is 0.119 e. The summed E-state index contributed by atoms with van der Waals surface area (Å²) in [6.45, 7) is 1.51. The molecule has 0 aliphatic carbocycles. The Bertz CT molecular complexity index is 836. The zero-order chi connectivity index (χ0) is 20.4. The van der Waals surface area contributed by atoms with Crippen molar-refractivity contribution in [3.8, 4) is 5.75 Å². The summed E-state index contributed by atoms with van der Waals surface area (Å²) in [5.41, 5.74) is 3.95. The number of likely N-dealkylation sites (N-methyl/N-ethyl adjacent to an activating group) is 1. The Balaban J connectivity index is 1.88. The highest BCUT2D eigenvalue weighted by Gasteiger charge is 2.32. The fraction of sp³-hybridized carbons (Fsp3) is 0.308. The number of rotatable bonds is 11. The lowest BCUT2D eigenvalue weighted by Crippen LogP contribution is -2.32. The molecule has 1 atom stereocenters. The van der Waals surface area contributed by atoms with Gasteiger partial charge in [-0.1, -0.05) is 72.8 Å². The quantitative estimate of drug-likeness (QED) is 0.328. The van der Waals surface area contributed by atoms with E-state index in [-0.39, 0.29) is 5.41 Å². The number of halogens is 1. The second-order valence-electron chi connectivity index (χ2n) is 7.52. The number of hydrogen-bond acceptors (Lipinski definition) is 2. The maximum atomic E-state index is 6.34.